The largest absolute Gasteiger partial charge is 0.402 e. The van der Waals surface area contributed by atoms with Crippen LogP contribution in [0.15, 0.2) is 69.3 Å². The Kier molecular flexibility index (Phi) is 10.6. The van der Waals surface area contributed by atoms with Crippen molar-refractivity contribution in [2.45, 2.75) is 140 Å². The first-order valence-corrected chi connectivity index (χ1v) is 17.1. The van der Waals surface area contributed by atoms with Crippen LogP contribution < -0.4 is 0 Å². The minimum absolute atomic E-state index is 0.237. The smallest absolute Gasteiger partial charge is 0.313 e. The molecule has 3 heteroatoms. The highest BCUT2D eigenvalue weighted by molar-refractivity contribution is 8.30. The molecule has 0 bridgehead atoms. The Hall–Kier alpha value is -2.52. The lowest BCUT2D eigenvalue weighted by Gasteiger charge is -2.46. The molecule has 0 saturated carbocycles. The highest BCUT2D eigenvalue weighted by Crippen LogP contribution is 2.74. The maximum atomic E-state index is 13.5. The van der Waals surface area contributed by atoms with Gasteiger partial charge in [-0.1, -0.05) is 126 Å². The number of carbonyl (C=O) groups excluding carboxylic acids is 1. The van der Waals surface area contributed by atoms with Gasteiger partial charge in [-0.3, -0.25) is 4.79 Å². The van der Waals surface area contributed by atoms with Gasteiger partial charge in [-0.2, -0.15) is 0 Å². The van der Waals surface area contributed by atoms with Crippen molar-refractivity contribution in [3.8, 4) is 0 Å². The number of hydrogen-bond donors (Lipinski definition) is 0. The van der Waals surface area contributed by atoms with Crippen molar-refractivity contribution in [3.63, 3.8) is 0 Å². The van der Waals surface area contributed by atoms with E-state index in [1.807, 2.05) is 0 Å². The molecular formula is C38H54O2S. The highest BCUT2D eigenvalue weighted by Gasteiger charge is 2.43. The number of benzene rings is 3. The molecule has 0 aliphatic heterocycles. The molecule has 3 aromatic carbocycles. The van der Waals surface area contributed by atoms with E-state index in [2.05, 4.69) is 138 Å². The third-order valence-corrected chi connectivity index (χ3v) is 11.6. The van der Waals surface area contributed by atoms with Crippen molar-refractivity contribution in [2.75, 3.05) is 0 Å². The summed E-state index contributed by atoms with van der Waals surface area (Å²) in [7, 11) is -2.47. The van der Waals surface area contributed by atoms with Gasteiger partial charge >= 0.3 is 5.97 Å². The fourth-order valence-electron chi connectivity index (χ4n) is 5.70. The maximum Gasteiger partial charge on any atom is 0.313 e. The molecule has 0 amide bonds. The Bertz CT molecular complexity index is 1210. The molecule has 3 aromatic rings. The average Bonchev–Trinajstić information content (AvgIpc) is 2.90. The van der Waals surface area contributed by atoms with Crippen LogP contribution >= 0.6 is 10.3 Å². The van der Waals surface area contributed by atoms with Gasteiger partial charge in [0.15, 0.2) is 0 Å². The summed E-state index contributed by atoms with van der Waals surface area (Å²) in [6.07, 6.45) is 0. The molecule has 224 valence electrons. The van der Waals surface area contributed by atoms with Gasteiger partial charge in [0.05, 0.1) is 0 Å². The molecule has 0 spiro atoms. The Morgan fingerprint density at radius 2 is 0.854 bits per heavy atom. The van der Waals surface area contributed by atoms with Crippen LogP contribution in [0.2, 0.25) is 0 Å². The van der Waals surface area contributed by atoms with Gasteiger partial charge < -0.3 is 4.18 Å². The van der Waals surface area contributed by atoms with Crippen molar-refractivity contribution in [3.05, 3.63) is 88.0 Å². The molecule has 0 saturated heterocycles. The third-order valence-electron chi connectivity index (χ3n) is 8.05. The van der Waals surface area contributed by atoms with Crippen LogP contribution in [0.4, 0.5) is 0 Å². The lowest BCUT2D eigenvalue weighted by molar-refractivity contribution is -0.131. The van der Waals surface area contributed by atoms with Gasteiger partial charge in [0.1, 0.15) is 0 Å². The van der Waals surface area contributed by atoms with Crippen LogP contribution in [-0.4, -0.2) is 5.97 Å². The summed E-state index contributed by atoms with van der Waals surface area (Å²) < 4.78 is 7.00. The SMILES string of the molecule is CC(=O)OS(c1ccccc1)(c1c(C(C)C)cc(C(C)C)cc1C(C)C)c1c(C(C)C)cc(C(C)C)cc1C(C)C. The quantitative estimate of drug-likeness (QED) is 0.241. The predicted octanol–water partition coefficient (Wildman–Crippen LogP) is 12.2. The lowest BCUT2D eigenvalue weighted by Crippen LogP contribution is -2.20. The van der Waals surface area contributed by atoms with Crippen molar-refractivity contribution in [2.24, 2.45) is 0 Å². The maximum absolute atomic E-state index is 13.5. The Balaban J connectivity index is 2.80. The monoisotopic (exact) mass is 574 g/mol. The van der Waals surface area contributed by atoms with Crippen LogP contribution in [0.25, 0.3) is 0 Å². The molecule has 0 aromatic heterocycles. The summed E-state index contributed by atoms with van der Waals surface area (Å²) in [6.45, 7) is 28.9. The molecule has 0 heterocycles. The summed E-state index contributed by atoms with van der Waals surface area (Å²) in [5.41, 5.74) is 7.84. The Morgan fingerprint density at radius 1 is 0.537 bits per heavy atom. The topological polar surface area (TPSA) is 26.3 Å². The second-order valence-corrected chi connectivity index (χ2v) is 16.0. The first-order valence-electron chi connectivity index (χ1n) is 15.6. The average molecular weight is 575 g/mol. The van der Waals surface area contributed by atoms with E-state index >= 15 is 0 Å². The van der Waals surface area contributed by atoms with E-state index in [1.165, 1.54) is 43.2 Å². The predicted molar refractivity (Wildman–Crippen MR) is 178 cm³/mol. The zero-order valence-corrected chi connectivity index (χ0v) is 28.7. The number of rotatable bonds is 10. The fraction of sp³-hybridized carbons (Fsp3) is 0.500. The molecule has 41 heavy (non-hydrogen) atoms. The molecule has 0 atom stereocenters. The number of hydrogen-bond acceptors (Lipinski definition) is 2. The van der Waals surface area contributed by atoms with Crippen molar-refractivity contribution < 1.29 is 8.98 Å². The van der Waals surface area contributed by atoms with Crippen LogP contribution in [0.1, 0.15) is 159 Å². The van der Waals surface area contributed by atoms with E-state index in [1.54, 1.807) is 6.92 Å². The van der Waals surface area contributed by atoms with Gasteiger partial charge in [-0.05, 0) is 91.3 Å². The van der Waals surface area contributed by atoms with E-state index in [-0.39, 0.29) is 29.6 Å². The zero-order chi connectivity index (χ0) is 30.8. The molecule has 0 aliphatic carbocycles. The first-order chi connectivity index (χ1) is 19.1. The molecule has 0 fully saturated rings. The van der Waals surface area contributed by atoms with Gasteiger partial charge in [-0.25, -0.2) is 0 Å². The van der Waals surface area contributed by atoms with E-state index in [9.17, 15) is 4.79 Å². The van der Waals surface area contributed by atoms with Crippen molar-refractivity contribution in [1.29, 1.82) is 0 Å². The van der Waals surface area contributed by atoms with E-state index in [0.717, 1.165) is 4.90 Å². The van der Waals surface area contributed by atoms with E-state index < -0.39 is 10.3 Å². The molecule has 0 radical (unpaired) electrons. The Morgan fingerprint density at radius 3 is 1.10 bits per heavy atom. The third kappa shape index (κ3) is 6.61. The summed E-state index contributed by atoms with van der Waals surface area (Å²) in [6, 6.07) is 20.2. The molecule has 0 aliphatic rings. The van der Waals surface area contributed by atoms with Crippen LogP contribution in [0.3, 0.4) is 0 Å². The van der Waals surface area contributed by atoms with E-state index in [4.69, 9.17) is 4.18 Å². The molecular weight excluding hydrogens is 520 g/mol. The fourth-order valence-corrected chi connectivity index (χ4v) is 10.0. The number of carbonyl (C=O) groups is 1. The van der Waals surface area contributed by atoms with Gasteiger partial charge in [0.2, 0.25) is 0 Å². The second-order valence-electron chi connectivity index (χ2n) is 13.4. The van der Waals surface area contributed by atoms with Crippen LogP contribution in [-0.2, 0) is 8.98 Å². The minimum atomic E-state index is -2.47. The second kappa shape index (κ2) is 13.2. The standard InChI is InChI=1S/C38H54O2S/c1-23(2)30-19-33(25(5)6)37(34(20-30)26(7)8)41(40-29(13)39,32-17-15-14-16-18-32)38-35(27(9)10)21-31(24(3)4)22-36(38)28(11)12/h14-28H,1-13H3. The van der Waals surface area contributed by atoms with Gasteiger partial charge in [0.25, 0.3) is 0 Å². The summed E-state index contributed by atoms with van der Waals surface area (Å²) in [4.78, 5) is 17.0. The molecule has 0 unspecified atom stereocenters. The summed E-state index contributed by atoms with van der Waals surface area (Å²) in [5, 5.41) is 0. The normalized spacial score (nSPS) is 12.9. The van der Waals surface area contributed by atoms with Crippen LogP contribution in [0.5, 0.6) is 0 Å². The summed E-state index contributed by atoms with van der Waals surface area (Å²) in [5.74, 6) is 1.59. The minimum Gasteiger partial charge on any atom is -0.402 e. The van der Waals surface area contributed by atoms with Crippen molar-refractivity contribution >= 4 is 16.3 Å². The molecule has 0 N–H and O–H groups in total. The summed E-state index contributed by atoms with van der Waals surface area (Å²) >= 11 is 0. The zero-order valence-electron chi connectivity index (χ0n) is 27.9. The molecule has 2 nitrogen and oxygen atoms in total. The first kappa shape index (κ1) is 33.0. The Labute approximate surface area is 252 Å². The highest BCUT2D eigenvalue weighted by atomic mass is 32.3. The van der Waals surface area contributed by atoms with Crippen LogP contribution in [0, 0.1) is 0 Å². The van der Waals surface area contributed by atoms with E-state index in [0.29, 0.717) is 11.8 Å². The van der Waals surface area contributed by atoms with Gasteiger partial charge in [-0.15, -0.1) is 0 Å². The lowest BCUT2D eigenvalue weighted by atomic mass is 9.89. The van der Waals surface area contributed by atoms with Crippen molar-refractivity contribution in [1.82, 2.24) is 0 Å². The molecule has 3 rings (SSSR count). The van der Waals surface area contributed by atoms with Gasteiger partial charge in [0, 0.05) is 21.6 Å².